The van der Waals surface area contributed by atoms with E-state index in [4.69, 9.17) is 4.74 Å². The summed E-state index contributed by atoms with van der Waals surface area (Å²) in [7, 11) is 1.64. The van der Waals surface area contributed by atoms with Crippen molar-refractivity contribution in [2.45, 2.75) is 37.2 Å². The molecule has 0 aliphatic carbocycles. The molecule has 0 bridgehead atoms. The number of fused-ring (bicyclic) bond motifs is 1. The number of amides is 1. The third kappa shape index (κ3) is 3.30. The van der Waals surface area contributed by atoms with Gasteiger partial charge in [0.2, 0.25) is 11.1 Å². The largest absolute Gasteiger partial charge is 0.497 e. The van der Waals surface area contributed by atoms with Gasteiger partial charge in [-0.1, -0.05) is 23.9 Å². The molecule has 0 unspecified atom stereocenters. The summed E-state index contributed by atoms with van der Waals surface area (Å²) in [4.78, 5) is 14.9. The van der Waals surface area contributed by atoms with Crippen LogP contribution in [0.4, 0.5) is 0 Å². The molecule has 2 aromatic rings. The number of aromatic nitrogens is 3. The minimum atomic E-state index is -0.301. The lowest BCUT2D eigenvalue weighted by Gasteiger charge is -2.35. The van der Waals surface area contributed by atoms with Gasteiger partial charge < -0.3 is 15.1 Å². The van der Waals surface area contributed by atoms with Gasteiger partial charge in [0.25, 0.3) is 0 Å². The number of nitrogens with one attached hydrogen (secondary N) is 1. The Morgan fingerprint density at radius 1 is 1.28 bits per heavy atom. The average molecular weight is 361 g/mol. The maximum Gasteiger partial charge on any atom is 0.238 e. The molecule has 0 saturated carbocycles. The van der Waals surface area contributed by atoms with Gasteiger partial charge in [0.05, 0.1) is 13.2 Å². The van der Waals surface area contributed by atoms with Crippen molar-refractivity contribution in [3.8, 4) is 5.75 Å². The lowest BCUT2D eigenvalue weighted by molar-refractivity contribution is -0.130. The highest BCUT2D eigenvalue weighted by atomic mass is 32.2. The fourth-order valence-corrected chi connectivity index (χ4v) is 4.13. The number of methoxy groups -OCH3 is 1. The summed E-state index contributed by atoms with van der Waals surface area (Å²) in [6.07, 6.45) is 0. The SMILES string of the molecule is CCN(CC)C(=O)[C@@H]1Sc2nnc(C)n2N[C@@H]1c1ccc(OC)cc1. The summed E-state index contributed by atoms with van der Waals surface area (Å²) in [5.74, 6) is 1.67. The summed E-state index contributed by atoms with van der Waals surface area (Å²) in [5, 5.41) is 8.71. The van der Waals surface area contributed by atoms with Gasteiger partial charge in [0.1, 0.15) is 16.8 Å². The van der Waals surface area contributed by atoms with Crippen molar-refractivity contribution >= 4 is 17.7 Å². The lowest BCUT2D eigenvalue weighted by atomic mass is 10.0. The van der Waals surface area contributed by atoms with Crippen LogP contribution in [-0.4, -0.2) is 51.1 Å². The first-order valence-electron chi connectivity index (χ1n) is 8.37. The van der Waals surface area contributed by atoms with Crippen LogP contribution in [0.2, 0.25) is 0 Å². The Balaban J connectivity index is 1.97. The molecule has 0 saturated heterocycles. The number of carbonyl (C=O) groups excluding carboxylic acids is 1. The quantitative estimate of drug-likeness (QED) is 0.880. The van der Waals surface area contributed by atoms with E-state index in [2.05, 4.69) is 15.6 Å². The zero-order chi connectivity index (χ0) is 18.0. The third-order valence-corrected chi connectivity index (χ3v) is 5.59. The van der Waals surface area contributed by atoms with Crippen LogP contribution in [0.5, 0.6) is 5.75 Å². The standard InChI is InChI=1S/C17H23N5O2S/c1-5-21(6-2)16(23)15-14(12-7-9-13(24-4)10-8-12)20-22-11(3)18-19-17(22)25-15/h7-10,14-15,20H,5-6H2,1-4H3/t14-,15-/m1/s1. The molecule has 3 rings (SSSR count). The minimum Gasteiger partial charge on any atom is -0.497 e. The number of thioether (sulfide) groups is 1. The molecule has 2 heterocycles. The normalized spacial score (nSPS) is 19.0. The Morgan fingerprint density at radius 3 is 2.56 bits per heavy atom. The molecule has 25 heavy (non-hydrogen) atoms. The van der Waals surface area contributed by atoms with Crippen molar-refractivity contribution in [1.29, 1.82) is 0 Å². The number of carbonyl (C=O) groups is 1. The first-order chi connectivity index (χ1) is 12.1. The van der Waals surface area contributed by atoms with E-state index < -0.39 is 0 Å². The number of rotatable bonds is 5. The van der Waals surface area contributed by atoms with Crippen LogP contribution in [0.3, 0.4) is 0 Å². The lowest BCUT2D eigenvalue weighted by Crippen LogP contribution is -2.46. The van der Waals surface area contributed by atoms with E-state index >= 15 is 0 Å². The van der Waals surface area contributed by atoms with Crippen LogP contribution in [0, 0.1) is 6.92 Å². The van der Waals surface area contributed by atoms with E-state index in [1.807, 2.05) is 54.6 Å². The monoisotopic (exact) mass is 361 g/mol. The Kier molecular flexibility index (Phi) is 5.17. The van der Waals surface area contributed by atoms with Crippen molar-refractivity contribution in [2.24, 2.45) is 0 Å². The van der Waals surface area contributed by atoms with Gasteiger partial charge in [-0.25, -0.2) is 4.68 Å². The molecule has 1 aromatic carbocycles. The predicted molar refractivity (Wildman–Crippen MR) is 97.4 cm³/mol. The van der Waals surface area contributed by atoms with Crippen molar-refractivity contribution in [1.82, 2.24) is 19.8 Å². The number of nitrogens with zero attached hydrogens (tertiary/aromatic N) is 4. The first kappa shape index (κ1) is 17.6. The smallest absolute Gasteiger partial charge is 0.238 e. The van der Waals surface area contributed by atoms with E-state index in [0.29, 0.717) is 18.2 Å². The molecule has 8 heteroatoms. The molecule has 1 amide bonds. The topological polar surface area (TPSA) is 72.3 Å². The molecule has 7 nitrogen and oxygen atoms in total. The second kappa shape index (κ2) is 7.35. The number of benzene rings is 1. The highest BCUT2D eigenvalue weighted by Gasteiger charge is 2.38. The van der Waals surface area contributed by atoms with Crippen LogP contribution >= 0.6 is 11.8 Å². The predicted octanol–water partition coefficient (Wildman–Crippen LogP) is 2.22. The molecule has 2 atom stereocenters. The van der Waals surface area contributed by atoms with Crippen molar-refractivity contribution < 1.29 is 9.53 Å². The number of hydrogen-bond acceptors (Lipinski definition) is 6. The average Bonchev–Trinajstić information content (AvgIpc) is 3.02. The minimum absolute atomic E-state index is 0.107. The second-order valence-corrected chi connectivity index (χ2v) is 6.90. The zero-order valence-corrected chi connectivity index (χ0v) is 15.7. The second-order valence-electron chi connectivity index (χ2n) is 5.79. The van der Waals surface area contributed by atoms with Crippen LogP contribution in [-0.2, 0) is 4.79 Å². The summed E-state index contributed by atoms with van der Waals surface area (Å²) in [6.45, 7) is 7.26. The fourth-order valence-electron chi connectivity index (χ4n) is 2.93. The van der Waals surface area contributed by atoms with Crippen LogP contribution < -0.4 is 10.2 Å². The molecular formula is C17H23N5O2S. The molecule has 0 fully saturated rings. The molecular weight excluding hydrogens is 338 g/mol. The number of aryl methyl sites for hydroxylation is 1. The van der Waals surface area contributed by atoms with E-state index in [1.165, 1.54) is 11.8 Å². The summed E-state index contributed by atoms with van der Waals surface area (Å²) in [5.41, 5.74) is 4.44. The van der Waals surface area contributed by atoms with Gasteiger partial charge in [0, 0.05) is 13.1 Å². The summed E-state index contributed by atoms with van der Waals surface area (Å²) in [6, 6.07) is 7.63. The van der Waals surface area contributed by atoms with Crippen molar-refractivity contribution in [3.05, 3.63) is 35.7 Å². The highest BCUT2D eigenvalue weighted by molar-refractivity contribution is 8.00. The van der Waals surface area contributed by atoms with E-state index in [-0.39, 0.29) is 17.2 Å². The number of ether oxygens (including phenoxy) is 1. The van der Waals surface area contributed by atoms with E-state index in [9.17, 15) is 4.79 Å². The van der Waals surface area contributed by atoms with E-state index in [1.54, 1.807) is 7.11 Å². The number of hydrogen-bond donors (Lipinski definition) is 1. The maximum absolute atomic E-state index is 13.1. The third-order valence-electron chi connectivity index (χ3n) is 4.39. The molecule has 0 spiro atoms. The Bertz CT molecular complexity index is 742. The molecule has 1 aliphatic rings. The van der Waals surface area contributed by atoms with Gasteiger partial charge in [-0.3, -0.25) is 4.79 Å². The van der Waals surface area contributed by atoms with E-state index in [0.717, 1.165) is 17.1 Å². The van der Waals surface area contributed by atoms with Crippen LogP contribution in [0.25, 0.3) is 0 Å². The molecule has 1 N–H and O–H groups in total. The van der Waals surface area contributed by atoms with Crippen LogP contribution in [0.1, 0.15) is 31.3 Å². The van der Waals surface area contributed by atoms with Gasteiger partial charge >= 0.3 is 0 Å². The van der Waals surface area contributed by atoms with Gasteiger partial charge in [-0.05, 0) is 38.5 Å². The molecule has 1 aliphatic heterocycles. The van der Waals surface area contributed by atoms with Gasteiger partial charge in [-0.2, -0.15) is 0 Å². The Labute approximate surface area is 151 Å². The van der Waals surface area contributed by atoms with Crippen LogP contribution in [0.15, 0.2) is 29.4 Å². The molecule has 0 radical (unpaired) electrons. The Morgan fingerprint density at radius 2 is 1.96 bits per heavy atom. The fraction of sp³-hybridized carbons (Fsp3) is 0.471. The maximum atomic E-state index is 13.1. The summed E-state index contributed by atoms with van der Waals surface area (Å²) < 4.78 is 7.09. The van der Waals surface area contributed by atoms with Crippen molar-refractivity contribution in [2.75, 3.05) is 25.6 Å². The highest BCUT2D eigenvalue weighted by Crippen LogP contribution is 2.38. The zero-order valence-electron chi connectivity index (χ0n) is 14.9. The van der Waals surface area contributed by atoms with Gasteiger partial charge in [0.15, 0.2) is 0 Å². The molecule has 134 valence electrons. The Hall–Kier alpha value is -2.22. The van der Waals surface area contributed by atoms with Gasteiger partial charge in [-0.15, -0.1) is 10.2 Å². The van der Waals surface area contributed by atoms with Crippen molar-refractivity contribution in [3.63, 3.8) is 0 Å². The first-order valence-corrected chi connectivity index (χ1v) is 9.25. The summed E-state index contributed by atoms with van der Waals surface area (Å²) >= 11 is 1.46. The molecule has 1 aromatic heterocycles.